The summed E-state index contributed by atoms with van der Waals surface area (Å²) in [7, 11) is 0. The van der Waals surface area contributed by atoms with Crippen molar-refractivity contribution >= 4 is 27.4 Å². The van der Waals surface area contributed by atoms with Gasteiger partial charge in [0.05, 0.1) is 0 Å². The molecule has 0 aliphatic carbocycles. The van der Waals surface area contributed by atoms with Crippen molar-refractivity contribution in [2.45, 2.75) is 33.7 Å². The molecule has 1 heterocycles. The standard InChI is InChI=1S/C16H21NO2S/c1-4-16(2,3)10-17-9-12-11-7-5-6-8-13(11)20-14(12)15(18)19/h5-8,17H,4,9-10H2,1-3H3,(H,18,19). The molecule has 0 amide bonds. The molecule has 2 rings (SSSR count). The van der Waals surface area contributed by atoms with Gasteiger partial charge in [-0.2, -0.15) is 0 Å². The predicted molar refractivity (Wildman–Crippen MR) is 84.6 cm³/mol. The highest BCUT2D eigenvalue weighted by atomic mass is 32.1. The van der Waals surface area contributed by atoms with Crippen LogP contribution < -0.4 is 5.32 Å². The second-order valence-electron chi connectivity index (χ2n) is 5.83. The third kappa shape index (κ3) is 3.19. The van der Waals surface area contributed by atoms with Crippen LogP contribution in [0.4, 0.5) is 0 Å². The number of hydrogen-bond donors (Lipinski definition) is 2. The van der Waals surface area contributed by atoms with E-state index in [1.165, 1.54) is 11.3 Å². The number of hydrogen-bond acceptors (Lipinski definition) is 3. The van der Waals surface area contributed by atoms with Crippen molar-refractivity contribution in [2.75, 3.05) is 6.54 Å². The lowest BCUT2D eigenvalue weighted by atomic mass is 9.90. The molecule has 2 N–H and O–H groups in total. The lowest BCUT2D eigenvalue weighted by molar-refractivity contribution is 0.0701. The molecule has 0 fully saturated rings. The lowest BCUT2D eigenvalue weighted by Gasteiger charge is -2.23. The van der Waals surface area contributed by atoms with Crippen LogP contribution in [0.3, 0.4) is 0 Å². The third-order valence-electron chi connectivity index (χ3n) is 3.75. The van der Waals surface area contributed by atoms with Crippen LogP contribution in [0.25, 0.3) is 10.1 Å². The van der Waals surface area contributed by atoms with Crippen molar-refractivity contribution in [1.82, 2.24) is 5.32 Å². The number of aromatic carboxylic acids is 1. The number of carbonyl (C=O) groups is 1. The molecule has 108 valence electrons. The molecule has 0 saturated carbocycles. The topological polar surface area (TPSA) is 49.3 Å². The fraction of sp³-hybridized carbons (Fsp3) is 0.438. The van der Waals surface area contributed by atoms with Crippen LogP contribution in [-0.4, -0.2) is 17.6 Å². The van der Waals surface area contributed by atoms with Crippen molar-refractivity contribution in [1.29, 1.82) is 0 Å². The lowest BCUT2D eigenvalue weighted by Crippen LogP contribution is -2.28. The smallest absolute Gasteiger partial charge is 0.346 e. The summed E-state index contributed by atoms with van der Waals surface area (Å²) >= 11 is 1.36. The Morgan fingerprint density at radius 2 is 2.05 bits per heavy atom. The maximum absolute atomic E-state index is 11.4. The number of carboxylic acid groups (broad SMARTS) is 1. The number of thiophene rings is 1. The van der Waals surface area contributed by atoms with Crippen LogP contribution >= 0.6 is 11.3 Å². The second-order valence-corrected chi connectivity index (χ2v) is 6.88. The van der Waals surface area contributed by atoms with Gasteiger partial charge in [-0.15, -0.1) is 11.3 Å². The van der Waals surface area contributed by atoms with Gasteiger partial charge in [-0.1, -0.05) is 39.0 Å². The van der Waals surface area contributed by atoms with Crippen molar-refractivity contribution in [3.63, 3.8) is 0 Å². The van der Waals surface area contributed by atoms with E-state index in [0.717, 1.165) is 28.6 Å². The summed E-state index contributed by atoms with van der Waals surface area (Å²) in [5, 5.41) is 13.8. The van der Waals surface area contributed by atoms with Crippen LogP contribution in [0.1, 0.15) is 42.4 Å². The average Bonchev–Trinajstić information content (AvgIpc) is 2.78. The van der Waals surface area contributed by atoms with Crippen molar-refractivity contribution in [3.8, 4) is 0 Å². The molecule has 0 unspecified atom stereocenters. The summed E-state index contributed by atoms with van der Waals surface area (Å²) < 4.78 is 1.04. The Labute approximate surface area is 123 Å². The normalized spacial score (nSPS) is 11.9. The largest absolute Gasteiger partial charge is 0.477 e. The fourth-order valence-electron chi connectivity index (χ4n) is 2.10. The van der Waals surface area contributed by atoms with Gasteiger partial charge >= 0.3 is 5.97 Å². The molecular weight excluding hydrogens is 270 g/mol. The van der Waals surface area contributed by atoms with Gasteiger partial charge in [-0.3, -0.25) is 0 Å². The minimum Gasteiger partial charge on any atom is -0.477 e. The number of rotatable bonds is 6. The zero-order valence-corrected chi connectivity index (χ0v) is 13.0. The summed E-state index contributed by atoms with van der Waals surface area (Å²) in [6.07, 6.45) is 1.09. The molecule has 0 atom stereocenters. The fourth-order valence-corrected chi connectivity index (χ4v) is 3.16. The number of carboxylic acids is 1. The van der Waals surface area contributed by atoms with E-state index < -0.39 is 5.97 Å². The third-order valence-corrected chi connectivity index (χ3v) is 4.96. The van der Waals surface area contributed by atoms with Crippen LogP contribution in [0.2, 0.25) is 0 Å². The summed E-state index contributed by atoms with van der Waals surface area (Å²) in [5.41, 5.74) is 1.14. The van der Waals surface area contributed by atoms with Crippen molar-refractivity contribution in [3.05, 3.63) is 34.7 Å². The minimum absolute atomic E-state index is 0.231. The molecule has 0 aliphatic heterocycles. The molecule has 3 nitrogen and oxygen atoms in total. The Hall–Kier alpha value is -1.39. The molecule has 20 heavy (non-hydrogen) atoms. The van der Waals surface area contributed by atoms with Crippen LogP contribution in [0.15, 0.2) is 24.3 Å². The summed E-state index contributed by atoms with van der Waals surface area (Å²) in [6.45, 7) is 8.08. The molecule has 0 saturated heterocycles. The number of fused-ring (bicyclic) bond motifs is 1. The van der Waals surface area contributed by atoms with Gasteiger partial charge in [-0.05, 0) is 28.9 Å². The Morgan fingerprint density at radius 1 is 1.35 bits per heavy atom. The van der Waals surface area contributed by atoms with Gasteiger partial charge in [-0.25, -0.2) is 4.79 Å². The molecule has 1 aromatic carbocycles. The molecular formula is C16H21NO2S. The molecule has 0 aliphatic rings. The summed E-state index contributed by atoms with van der Waals surface area (Å²) in [5.74, 6) is -0.835. The van der Waals surface area contributed by atoms with Gasteiger partial charge in [0.2, 0.25) is 0 Å². The number of benzene rings is 1. The second kappa shape index (κ2) is 5.94. The summed E-state index contributed by atoms with van der Waals surface area (Å²) in [4.78, 5) is 11.8. The quantitative estimate of drug-likeness (QED) is 0.841. The van der Waals surface area contributed by atoms with E-state index in [9.17, 15) is 9.90 Å². The molecule has 0 spiro atoms. The van der Waals surface area contributed by atoms with E-state index in [4.69, 9.17) is 0 Å². The highest BCUT2D eigenvalue weighted by Crippen LogP contribution is 2.31. The first-order valence-corrected chi connectivity index (χ1v) is 7.70. The van der Waals surface area contributed by atoms with E-state index in [2.05, 4.69) is 26.1 Å². The molecule has 4 heteroatoms. The van der Waals surface area contributed by atoms with Crippen molar-refractivity contribution in [2.24, 2.45) is 5.41 Å². The van der Waals surface area contributed by atoms with Crippen LogP contribution in [0, 0.1) is 5.41 Å². The first-order chi connectivity index (χ1) is 9.44. The monoisotopic (exact) mass is 291 g/mol. The molecule has 1 aromatic heterocycles. The first-order valence-electron chi connectivity index (χ1n) is 6.89. The Kier molecular flexibility index (Phi) is 4.45. The van der Waals surface area contributed by atoms with Crippen molar-refractivity contribution < 1.29 is 9.90 Å². The van der Waals surface area contributed by atoms with Gasteiger partial charge in [0.15, 0.2) is 0 Å². The molecule has 0 bridgehead atoms. The maximum Gasteiger partial charge on any atom is 0.346 e. The molecule has 2 aromatic rings. The Balaban J connectivity index is 2.24. The SMILES string of the molecule is CCC(C)(C)CNCc1c(C(=O)O)sc2ccccc12. The Bertz CT molecular complexity index is 616. The highest BCUT2D eigenvalue weighted by Gasteiger charge is 2.19. The highest BCUT2D eigenvalue weighted by molar-refractivity contribution is 7.21. The van der Waals surface area contributed by atoms with Gasteiger partial charge in [0.25, 0.3) is 0 Å². The van der Waals surface area contributed by atoms with Gasteiger partial charge in [0, 0.05) is 17.8 Å². The minimum atomic E-state index is -0.835. The average molecular weight is 291 g/mol. The van der Waals surface area contributed by atoms with E-state index in [-0.39, 0.29) is 5.41 Å². The first kappa shape index (κ1) is 15.0. The van der Waals surface area contributed by atoms with E-state index in [1.54, 1.807) is 0 Å². The van der Waals surface area contributed by atoms with Gasteiger partial charge in [0.1, 0.15) is 4.88 Å². The van der Waals surface area contributed by atoms with E-state index in [0.29, 0.717) is 11.4 Å². The predicted octanol–water partition coefficient (Wildman–Crippen LogP) is 4.13. The van der Waals surface area contributed by atoms with Crippen LogP contribution in [-0.2, 0) is 6.54 Å². The van der Waals surface area contributed by atoms with Crippen LogP contribution in [0.5, 0.6) is 0 Å². The zero-order valence-electron chi connectivity index (χ0n) is 12.2. The molecule has 0 radical (unpaired) electrons. The van der Waals surface area contributed by atoms with Gasteiger partial charge < -0.3 is 10.4 Å². The Morgan fingerprint density at radius 3 is 2.70 bits per heavy atom. The van der Waals surface area contributed by atoms with E-state index >= 15 is 0 Å². The summed E-state index contributed by atoms with van der Waals surface area (Å²) in [6, 6.07) is 7.88. The van der Waals surface area contributed by atoms with E-state index in [1.807, 2.05) is 24.3 Å². The maximum atomic E-state index is 11.4. The zero-order chi connectivity index (χ0) is 14.8. The number of nitrogens with one attached hydrogen (secondary N) is 1.